The standard InChI is InChI=1S/C15H17F2N5O/c1-15(16,17)3-2-8-4-13-18-7-19-14(22(13)20-8)21-9-5-11-10(21)6-12(9)23-11/h4,7,9-12H,2-3,5-6H2,1H3/t9-,10?,11?,12?/m1/s1. The lowest BCUT2D eigenvalue weighted by atomic mass is 10.0. The van der Waals surface area contributed by atoms with Crippen LogP contribution in [0.15, 0.2) is 12.4 Å². The Hall–Kier alpha value is -1.83. The highest BCUT2D eigenvalue weighted by atomic mass is 19.3. The van der Waals surface area contributed by atoms with E-state index in [9.17, 15) is 8.78 Å². The van der Waals surface area contributed by atoms with Crippen molar-refractivity contribution in [2.45, 2.75) is 62.8 Å². The van der Waals surface area contributed by atoms with Gasteiger partial charge in [-0.15, -0.1) is 0 Å². The number of ether oxygens (including phenoxy) is 1. The molecule has 4 bridgehead atoms. The van der Waals surface area contributed by atoms with E-state index in [1.165, 1.54) is 6.33 Å². The number of fused-ring (bicyclic) bond motifs is 1. The normalized spacial score (nSPS) is 31.9. The van der Waals surface area contributed by atoms with Crippen molar-refractivity contribution < 1.29 is 13.5 Å². The smallest absolute Gasteiger partial charge is 0.245 e. The van der Waals surface area contributed by atoms with Gasteiger partial charge in [0.05, 0.1) is 30.0 Å². The van der Waals surface area contributed by atoms with E-state index < -0.39 is 5.92 Å². The van der Waals surface area contributed by atoms with E-state index in [0.717, 1.165) is 25.7 Å². The zero-order valence-electron chi connectivity index (χ0n) is 12.7. The Kier molecular flexibility index (Phi) is 2.58. The summed E-state index contributed by atoms with van der Waals surface area (Å²) < 4.78 is 33.7. The van der Waals surface area contributed by atoms with Gasteiger partial charge in [-0.2, -0.15) is 9.61 Å². The summed E-state index contributed by atoms with van der Waals surface area (Å²) in [5.41, 5.74) is 1.28. The summed E-state index contributed by atoms with van der Waals surface area (Å²) in [6, 6.07) is 2.48. The Morgan fingerprint density at radius 1 is 1.26 bits per heavy atom. The summed E-state index contributed by atoms with van der Waals surface area (Å²) in [5, 5.41) is 4.47. The molecule has 4 aliphatic rings. The molecule has 0 radical (unpaired) electrons. The van der Waals surface area contributed by atoms with Crippen molar-refractivity contribution in [3.8, 4) is 0 Å². The number of aryl methyl sites for hydroxylation is 1. The highest BCUT2D eigenvalue weighted by molar-refractivity contribution is 5.50. The van der Waals surface area contributed by atoms with Crippen molar-refractivity contribution in [3.63, 3.8) is 0 Å². The van der Waals surface area contributed by atoms with E-state index in [0.29, 0.717) is 35.6 Å². The molecule has 122 valence electrons. The van der Waals surface area contributed by atoms with Crippen LogP contribution in [-0.2, 0) is 11.2 Å². The number of rotatable bonds is 4. The first-order chi connectivity index (χ1) is 11.0. The monoisotopic (exact) mass is 321 g/mol. The van der Waals surface area contributed by atoms with Crippen molar-refractivity contribution in [2.24, 2.45) is 0 Å². The number of halogens is 2. The van der Waals surface area contributed by atoms with Crippen molar-refractivity contribution in [2.75, 3.05) is 4.90 Å². The van der Waals surface area contributed by atoms with Crippen molar-refractivity contribution >= 4 is 11.6 Å². The molecule has 2 aromatic heterocycles. The number of hydrogen-bond donors (Lipinski definition) is 0. The van der Waals surface area contributed by atoms with Crippen LogP contribution in [0.2, 0.25) is 0 Å². The molecule has 23 heavy (non-hydrogen) atoms. The molecule has 0 spiro atoms. The molecule has 2 aromatic rings. The Labute approximate surface area is 131 Å². The molecule has 4 aliphatic heterocycles. The van der Waals surface area contributed by atoms with E-state index >= 15 is 0 Å². The second kappa shape index (κ2) is 4.37. The second-order valence-corrected chi connectivity index (χ2v) is 6.88. The van der Waals surface area contributed by atoms with Gasteiger partial charge in [-0.05, 0) is 26.2 Å². The van der Waals surface area contributed by atoms with Gasteiger partial charge < -0.3 is 9.64 Å². The maximum atomic E-state index is 13.1. The molecule has 0 saturated carbocycles. The first-order valence-corrected chi connectivity index (χ1v) is 8.01. The van der Waals surface area contributed by atoms with Gasteiger partial charge in [0.1, 0.15) is 6.33 Å². The zero-order valence-corrected chi connectivity index (χ0v) is 12.7. The molecular weight excluding hydrogens is 304 g/mol. The van der Waals surface area contributed by atoms with Crippen LogP contribution in [0.4, 0.5) is 14.7 Å². The van der Waals surface area contributed by atoms with Gasteiger partial charge in [-0.1, -0.05) is 0 Å². The maximum absolute atomic E-state index is 13.1. The SMILES string of the molecule is CC(F)(F)CCc1cc2ncnc(N3C4CC5OC4C[C@H]53)n2n1. The summed E-state index contributed by atoms with van der Waals surface area (Å²) in [6.45, 7) is 0.933. The third-order valence-corrected chi connectivity index (χ3v) is 5.21. The predicted octanol–water partition coefficient (Wildman–Crippen LogP) is 1.83. The fourth-order valence-corrected chi connectivity index (χ4v) is 4.24. The lowest BCUT2D eigenvalue weighted by molar-refractivity contribution is 0.0130. The summed E-state index contributed by atoms with van der Waals surface area (Å²) in [7, 11) is 0. The molecule has 6 rings (SSSR count). The molecule has 4 atom stereocenters. The van der Waals surface area contributed by atoms with Crippen molar-refractivity contribution in [3.05, 3.63) is 18.1 Å². The van der Waals surface area contributed by atoms with Gasteiger partial charge in [0.15, 0.2) is 5.65 Å². The highest BCUT2D eigenvalue weighted by Gasteiger charge is 2.61. The number of hydrogen-bond acceptors (Lipinski definition) is 5. The van der Waals surface area contributed by atoms with Crippen LogP contribution in [-0.4, -0.2) is 49.8 Å². The van der Waals surface area contributed by atoms with E-state index in [1.54, 1.807) is 10.6 Å². The number of alkyl halides is 2. The summed E-state index contributed by atoms with van der Waals surface area (Å²) >= 11 is 0. The minimum atomic E-state index is -2.68. The van der Waals surface area contributed by atoms with E-state index in [-0.39, 0.29) is 12.8 Å². The molecular formula is C15H17F2N5O. The fourth-order valence-electron chi connectivity index (χ4n) is 4.24. The summed E-state index contributed by atoms with van der Waals surface area (Å²) in [6.07, 6.45) is 4.20. The lowest BCUT2D eigenvalue weighted by Gasteiger charge is -2.27. The maximum Gasteiger partial charge on any atom is 0.245 e. The summed E-state index contributed by atoms with van der Waals surface area (Å²) in [5.74, 6) is -1.93. The molecule has 0 N–H and O–H groups in total. The minimum absolute atomic E-state index is 0.216. The molecule has 0 aromatic carbocycles. The van der Waals surface area contributed by atoms with Crippen LogP contribution >= 0.6 is 0 Å². The van der Waals surface area contributed by atoms with Crippen molar-refractivity contribution in [1.29, 1.82) is 0 Å². The van der Waals surface area contributed by atoms with Crippen LogP contribution in [0.1, 0.15) is 31.9 Å². The van der Waals surface area contributed by atoms with Gasteiger partial charge in [-0.25, -0.2) is 18.7 Å². The van der Waals surface area contributed by atoms with Crippen LogP contribution in [0.25, 0.3) is 5.65 Å². The molecule has 8 heteroatoms. The molecule has 6 heterocycles. The Balaban J connectivity index is 1.49. The molecule has 6 nitrogen and oxygen atoms in total. The molecule has 3 unspecified atom stereocenters. The van der Waals surface area contributed by atoms with Crippen LogP contribution in [0.5, 0.6) is 0 Å². The van der Waals surface area contributed by atoms with E-state index in [4.69, 9.17) is 4.74 Å². The Morgan fingerprint density at radius 2 is 2.00 bits per heavy atom. The average Bonchev–Trinajstić information content (AvgIpc) is 3.25. The largest absolute Gasteiger partial charge is 0.371 e. The van der Waals surface area contributed by atoms with Gasteiger partial charge in [-0.3, -0.25) is 0 Å². The molecule has 4 saturated heterocycles. The summed E-state index contributed by atoms with van der Waals surface area (Å²) in [4.78, 5) is 10.9. The van der Waals surface area contributed by atoms with E-state index in [2.05, 4.69) is 20.0 Å². The van der Waals surface area contributed by atoms with Gasteiger partial charge >= 0.3 is 0 Å². The number of morpholine rings is 1. The number of anilines is 1. The van der Waals surface area contributed by atoms with Crippen LogP contribution in [0, 0.1) is 0 Å². The predicted molar refractivity (Wildman–Crippen MR) is 77.7 cm³/mol. The average molecular weight is 321 g/mol. The molecule has 0 amide bonds. The topological polar surface area (TPSA) is 55.5 Å². The Bertz CT molecular complexity index is 757. The van der Waals surface area contributed by atoms with E-state index in [1.807, 2.05) is 0 Å². The number of nitrogens with zero attached hydrogens (tertiary/aromatic N) is 5. The first-order valence-electron chi connectivity index (χ1n) is 8.01. The lowest BCUT2D eigenvalue weighted by Crippen LogP contribution is -2.39. The highest BCUT2D eigenvalue weighted by Crippen LogP contribution is 2.50. The van der Waals surface area contributed by atoms with Crippen LogP contribution in [0.3, 0.4) is 0 Å². The zero-order chi connectivity index (χ0) is 15.8. The Morgan fingerprint density at radius 3 is 2.65 bits per heavy atom. The molecule has 4 fully saturated rings. The fraction of sp³-hybridized carbons (Fsp3) is 0.667. The van der Waals surface area contributed by atoms with Gasteiger partial charge in [0.25, 0.3) is 0 Å². The first kappa shape index (κ1) is 13.6. The van der Waals surface area contributed by atoms with Crippen molar-refractivity contribution in [1.82, 2.24) is 19.6 Å². The third kappa shape index (κ3) is 1.97. The third-order valence-electron chi connectivity index (χ3n) is 5.21. The quantitative estimate of drug-likeness (QED) is 0.860. The van der Waals surface area contributed by atoms with Gasteiger partial charge in [0, 0.05) is 12.5 Å². The number of aromatic nitrogens is 4. The second-order valence-electron chi connectivity index (χ2n) is 6.88. The molecule has 0 aliphatic carbocycles. The van der Waals surface area contributed by atoms with Gasteiger partial charge in [0.2, 0.25) is 11.9 Å². The van der Waals surface area contributed by atoms with Crippen LogP contribution < -0.4 is 4.90 Å². The minimum Gasteiger partial charge on any atom is -0.371 e.